The highest BCUT2D eigenvalue weighted by Gasteiger charge is 2.42. The van der Waals surface area contributed by atoms with Crippen molar-refractivity contribution in [2.24, 2.45) is 5.92 Å². The van der Waals surface area contributed by atoms with Crippen LogP contribution in [-0.4, -0.2) is 62.8 Å². The zero-order valence-corrected chi connectivity index (χ0v) is 15.8. The van der Waals surface area contributed by atoms with Crippen molar-refractivity contribution in [2.75, 3.05) is 45.4 Å². The Kier molecular flexibility index (Phi) is 5.09. The van der Waals surface area contributed by atoms with Gasteiger partial charge in [0.05, 0.1) is 38.9 Å². The third-order valence-corrected chi connectivity index (χ3v) is 5.06. The second-order valence-electron chi connectivity index (χ2n) is 7.30. The molecule has 1 unspecified atom stereocenters. The molecule has 0 aromatic heterocycles. The molecule has 7 nitrogen and oxygen atoms in total. The van der Waals surface area contributed by atoms with Gasteiger partial charge < -0.3 is 24.0 Å². The Morgan fingerprint density at radius 2 is 1.96 bits per heavy atom. The van der Waals surface area contributed by atoms with Crippen LogP contribution in [0.4, 0.5) is 5.69 Å². The molecule has 26 heavy (non-hydrogen) atoms. The van der Waals surface area contributed by atoms with Crippen molar-refractivity contribution in [1.29, 1.82) is 0 Å². The van der Waals surface area contributed by atoms with Crippen molar-refractivity contribution in [2.45, 2.75) is 25.8 Å². The molecule has 0 spiro atoms. The minimum absolute atomic E-state index is 0.0228. The topological polar surface area (TPSA) is 68.3 Å². The summed E-state index contributed by atoms with van der Waals surface area (Å²) in [6.07, 6.45) is 0.223. The number of benzene rings is 1. The van der Waals surface area contributed by atoms with Crippen molar-refractivity contribution >= 4 is 17.5 Å². The molecule has 1 atom stereocenters. The first-order valence-corrected chi connectivity index (χ1v) is 8.79. The summed E-state index contributed by atoms with van der Waals surface area (Å²) in [5.41, 5.74) is 0.360. The summed E-state index contributed by atoms with van der Waals surface area (Å²) >= 11 is 0. The SMILES string of the molecule is COc1ccc(N2CC(C(=O)N3CCOCC3(C)C)CC2=O)cc1OC. The fourth-order valence-corrected chi connectivity index (χ4v) is 3.60. The van der Waals surface area contributed by atoms with Crippen LogP contribution in [0.1, 0.15) is 20.3 Å². The number of carbonyl (C=O) groups is 2. The first kappa shape index (κ1) is 18.5. The van der Waals surface area contributed by atoms with Gasteiger partial charge in [-0.25, -0.2) is 0 Å². The van der Waals surface area contributed by atoms with Crippen LogP contribution in [0.25, 0.3) is 0 Å². The zero-order valence-electron chi connectivity index (χ0n) is 15.8. The molecule has 1 aromatic carbocycles. The summed E-state index contributed by atoms with van der Waals surface area (Å²) in [5.74, 6) is 0.789. The Bertz CT molecular complexity index is 703. The lowest BCUT2D eigenvalue weighted by Crippen LogP contribution is -2.57. The van der Waals surface area contributed by atoms with Gasteiger partial charge in [0.1, 0.15) is 0 Å². The molecule has 2 heterocycles. The molecule has 7 heteroatoms. The molecule has 2 fully saturated rings. The van der Waals surface area contributed by atoms with Crippen LogP contribution < -0.4 is 14.4 Å². The normalized spacial score (nSPS) is 22.5. The van der Waals surface area contributed by atoms with Crippen LogP contribution in [0.2, 0.25) is 0 Å². The number of ether oxygens (including phenoxy) is 3. The van der Waals surface area contributed by atoms with E-state index in [4.69, 9.17) is 14.2 Å². The van der Waals surface area contributed by atoms with Gasteiger partial charge in [0.15, 0.2) is 11.5 Å². The average molecular weight is 362 g/mol. The highest BCUT2D eigenvalue weighted by atomic mass is 16.5. The van der Waals surface area contributed by atoms with Crippen molar-refractivity contribution in [3.63, 3.8) is 0 Å². The van der Waals surface area contributed by atoms with Gasteiger partial charge in [0.2, 0.25) is 11.8 Å². The fourth-order valence-electron chi connectivity index (χ4n) is 3.60. The van der Waals surface area contributed by atoms with E-state index < -0.39 is 0 Å². The van der Waals surface area contributed by atoms with Crippen LogP contribution in [0.15, 0.2) is 18.2 Å². The largest absolute Gasteiger partial charge is 0.493 e. The smallest absolute Gasteiger partial charge is 0.228 e. The molecule has 2 aliphatic heterocycles. The lowest BCUT2D eigenvalue weighted by atomic mass is 9.98. The van der Waals surface area contributed by atoms with E-state index in [-0.39, 0.29) is 29.7 Å². The number of amides is 2. The number of anilines is 1. The molecule has 0 N–H and O–H groups in total. The van der Waals surface area contributed by atoms with E-state index in [1.807, 2.05) is 24.8 Å². The Hall–Kier alpha value is -2.28. The first-order chi connectivity index (χ1) is 12.4. The Morgan fingerprint density at radius 3 is 2.62 bits per heavy atom. The molecule has 0 aliphatic carbocycles. The maximum atomic E-state index is 13.0. The number of morpholine rings is 1. The molecule has 142 valence electrons. The number of hydrogen-bond acceptors (Lipinski definition) is 5. The number of hydrogen-bond donors (Lipinski definition) is 0. The monoisotopic (exact) mass is 362 g/mol. The lowest BCUT2D eigenvalue weighted by molar-refractivity contribution is -0.150. The Labute approximate surface area is 153 Å². The van der Waals surface area contributed by atoms with E-state index in [1.165, 1.54) is 0 Å². The second-order valence-corrected chi connectivity index (χ2v) is 7.30. The van der Waals surface area contributed by atoms with Crippen molar-refractivity contribution in [3.8, 4) is 11.5 Å². The molecule has 1 aromatic rings. The second kappa shape index (κ2) is 7.15. The van der Waals surface area contributed by atoms with Crippen LogP contribution in [0.3, 0.4) is 0 Å². The van der Waals surface area contributed by atoms with Gasteiger partial charge in [-0.05, 0) is 26.0 Å². The summed E-state index contributed by atoms with van der Waals surface area (Å²) in [6.45, 7) is 5.97. The van der Waals surface area contributed by atoms with E-state index in [0.717, 1.165) is 0 Å². The predicted octanol–water partition coefficient (Wildman–Crippen LogP) is 1.69. The molecule has 0 radical (unpaired) electrons. The molecule has 0 bridgehead atoms. The van der Waals surface area contributed by atoms with E-state index in [2.05, 4.69) is 0 Å². The lowest BCUT2D eigenvalue weighted by Gasteiger charge is -2.43. The summed E-state index contributed by atoms with van der Waals surface area (Å²) in [6, 6.07) is 5.34. The Balaban J connectivity index is 1.77. The third-order valence-electron chi connectivity index (χ3n) is 5.06. The van der Waals surface area contributed by atoms with Crippen LogP contribution in [0, 0.1) is 5.92 Å². The maximum absolute atomic E-state index is 13.0. The van der Waals surface area contributed by atoms with Crippen molar-refractivity contribution in [1.82, 2.24) is 4.90 Å². The fraction of sp³-hybridized carbons (Fsp3) is 0.579. The molecule has 0 saturated carbocycles. The number of rotatable bonds is 4. The van der Waals surface area contributed by atoms with Gasteiger partial charge in [0.25, 0.3) is 0 Å². The van der Waals surface area contributed by atoms with Crippen LogP contribution >= 0.6 is 0 Å². The van der Waals surface area contributed by atoms with Gasteiger partial charge in [0, 0.05) is 31.3 Å². The molecule has 3 rings (SSSR count). The molecule has 2 aliphatic rings. The van der Waals surface area contributed by atoms with E-state index in [0.29, 0.717) is 43.5 Å². The van der Waals surface area contributed by atoms with E-state index in [9.17, 15) is 9.59 Å². The van der Waals surface area contributed by atoms with Gasteiger partial charge in [-0.1, -0.05) is 0 Å². The van der Waals surface area contributed by atoms with E-state index in [1.54, 1.807) is 31.3 Å². The molecule has 2 saturated heterocycles. The van der Waals surface area contributed by atoms with Gasteiger partial charge in [-0.15, -0.1) is 0 Å². The average Bonchev–Trinajstić information content (AvgIpc) is 3.02. The summed E-state index contributed by atoms with van der Waals surface area (Å²) in [5, 5.41) is 0. The molecular weight excluding hydrogens is 336 g/mol. The van der Waals surface area contributed by atoms with E-state index >= 15 is 0 Å². The van der Waals surface area contributed by atoms with Crippen molar-refractivity contribution < 1.29 is 23.8 Å². The minimum atomic E-state index is -0.352. The number of carbonyl (C=O) groups excluding carboxylic acids is 2. The van der Waals surface area contributed by atoms with Crippen molar-refractivity contribution in [3.05, 3.63) is 18.2 Å². The minimum Gasteiger partial charge on any atom is -0.493 e. The summed E-state index contributed by atoms with van der Waals surface area (Å²) in [4.78, 5) is 29.1. The highest BCUT2D eigenvalue weighted by Crippen LogP contribution is 2.35. The molecular formula is C19H26N2O5. The summed E-state index contributed by atoms with van der Waals surface area (Å²) in [7, 11) is 3.12. The zero-order chi connectivity index (χ0) is 18.9. The van der Waals surface area contributed by atoms with Crippen LogP contribution in [0.5, 0.6) is 11.5 Å². The van der Waals surface area contributed by atoms with Gasteiger partial charge in [-0.3, -0.25) is 9.59 Å². The maximum Gasteiger partial charge on any atom is 0.228 e. The number of nitrogens with zero attached hydrogens (tertiary/aromatic N) is 2. The first-order valence-electron chi connectivity index (χ1n) is 8.79. The van der Waals surface area contributed by atoms with Gasteiger partial charge >= 0.3 is 0 Å². The standard InChI is InChI=1S/C19H26N2O5/c1-19(2)12-26-8-7-21(19)18(23)13-9-17(22)20(11-13)14-5-6-15(24-3)16(10-14)25-4/h5-6,10,13H,7-9,11-12H2,1-4H3. The summed E-state index contributed by atoms with van der Waals surface area (Å²) < 4.78 is 16.0. The Morgan fingerprint density at radius 1 is 1.23 bits per heavy atom. The number of methoxy groups -OCH3 is 2. The molecule has 2 amide bonds. The van der Waals surface area contributed by atoms with Crippen LogP contribution in [-0.2, 0) is 14.3 Å². The third kappa shape index (κ3) is 3.35. The quantitative estimate of drug-likeness (QED) is 0.815. The highest BCUT2D eigenvalue weighted by molar-refractivity contribution is 6.00. The van der Waals surface area contributed by atoms with Gasteiger partial charge in [-0.2, -0.15) is 0 Å². The predicted molar refractivity (Wildman–Crippen MR) is 96.6 cm³/mol.